The van der Waals surface area contributed by atoms with E-state index < -0.39 is 9.84 Å². The van der Waals surface area contributed by atoms with E-state index in [2.05, 4.69) is 4.90 Å². The van der Waals surface area contributed by atoms with Crippen LogP contribution in [0.1, 0.15) is 32.6 Å². The van der Waals surface area contributed by atoms with E-state index in [9.17, 15) is 13.2 Å². The van der Waals surface area contributed by atoms with E-state index in [-0.39, 0.29) is 23.0 Å². The molecule has 4 nitrogen and oxygen atoms in total. The molecule has 0 aromatic rings. The Kier molecular flexibility index (Phi) is 3.59. The zero-order chi connectivity index (χ0) is 12.5. The number of hydrogen-bond donors (Lipinski definition) is 0. The van der Waals surface area contributed by atoms with Crippen LogP contribution in [0.3, 0.4) is 0 Å². The summed E-state index contributed by atoms with van der Waals surface area (Å²) in [5, 5.41) is 0. The third kappa shape index (κ3) is 2.88. The van der Waals surface area contributed by atoms with Crippen LogP contribution >= 0.6 is 0 Å². The summed E-state index contributed by atoms with van der Waals surface area (Å²) in [6.07, 6.45) is 5.29. The van der Waals surface area contributed by atoms with Crippen molar-refractivity contribution in [3.8, 4) is 0 Å². The molecular weight excluding hydrogens is 238 g/mol. The molecule has 2 aliphatic rings. The number of carbonyl (C=O) groups excluding carboxylic acids is 1. The molecule has 1 aliphatic carbocycles. The maximum absolute atomic E-state index is 11.5. The van der Waals surface area contributed by atoms with Crippen molar-refractivity contribution in [2.75, 3.05) is 24.6 Å². The minimum Gasteiger partial charge on any atom is -0.303 e. The molecule has 1 saturated carbocycles. The van der Waals surface area contributed by atoms with Gasteiger partial charge in [0, 0.05) is 24.5 Å². The SMILES string of the molecule is CC1CS(=O)(=O)CCN1CC1(C=O)CCCC1. The predicted octanol–water partition coefficient (Wildman–Crippen LogP) is 0.865. The van der Waals surface area contributed by atoms with Crippen LogP contribution in [-0.2, 0) is 14.6 Å². The lowest BCUT2D eigenvalue weighted by Crippen LogP contribution is -2.50. The lowest BCUT2D eigenvalue weighted by Gasteiger charge is -2.38. The summed E-state index contributed by atoms with van der Waals surface area (Å²) >= 11 is 0. The first kappa shape index (κ1) is 13.0. The van der Waals surface area contributed by atoms with Gasteiger partial charge in [0.05, 0.1) is 11.5 Å². The zero-order valence-corrected chi connectivity index (χ0v) is 11.2. The molecule has 0 N–H and O–H groups in total. The molecule has 5 heteroatoms. The molecule has 2 fully saturated rings. The molecule has 1 saturated heterocycles. The average Bonchev–Trinajstić information content (AvgIpc) is 2.71. The fourth-order valence-corrected chi connectivity index (χ4v) is 4.69. The van der Waals surface area contributed by atoms with Crippen molar-refractivity contribution < 1.29 is 13.2 Å². The minimum atomic E-state index is -2.85. The molecule has 17 heavy (non-hydrogen) atoms. The Morgan fingerprint density at radius 3 is 2.53 bits per heavy atom. The molecule has 2 rings (SSSR count). The van der Waals surface area contributed by atoms with Crippen molar-refractivity contribution in [1.29, 1.82) is 0 Å². The number of rotatable bonds is 3. The fraction of sp³-hybridized carbons (Fsp3) is 0.917. The second-order valence-electron chi connectivity index (χ2n) is 5.62. The van der Waals surface area contributed by atoms with Crippen LogP contribution in [0.4, 0.5) is 0 Å². The Labute approximate surface area is 103 Å². The smallest absolute Gasteiger partial charge is 0.153 e. The van der Waals surface area contributed by atoms with Crippen molar-refractivity contribution >= 4 is 16.1 Å². The highest BCUT2D eigenvalue weighted by atomic mass is 32.2. The summed E-state index contributed by atoms with van der Waals surface area (Å²) < 4.78 is 23.0. The Hall–Kier alpha value is -0.420. The van der Waals surface area contributed by atoms with E-state index in [0.717, 1.165) is 38.5 Å². The molecular formula is C12H21NO3S. The summed E-state index contributed by atoms with van der Waals surface area (Å²) in [6.45, 7) is 3.27. The minimum absolute atomic E-state index is 0.0474. The summed E-state index contributed by atoms with van der Waals surface area (Å²) in [6, 6.07) is 0.0474. The molecule has 1 unspecified atom stereocenters. The average molecular weight is 259 g/mol. The monoisotopic (exact) mass is 259 g/mol. The van der Waals surface area contributed by atoms with Gasteiger partial charge in [-0.3, -0.25) is 4.90 Å². The molecule has 1 aliphatic heterocycles. The van der Waals surface area contributed by atoms with E-state index in [1.165, 1.54) is 0 Å². The van der Waals surface area contributed by atoms with E-state index in [4.69, 9.17) is 0 Å². The number of hydrogen-bond acceptors (Lipinski definition) is 4. The van der Waals surface area contributed by atoms with Crippen LogP contribution in [0.15, 0.2) is 0 Å². The molecule has 0 bridgehead atoms. The first-order valence-corrected chi connectivity index (χ1v) is 8.19. The lowest BCUT2D eigenvalue weighted by molar-refractivity contribution is -0.117. The van der Waals surface area contributed by atoms with Crippen molar-refractivity contribution in [2.24, 2.45) is 5.41 Å². The van der Waals surface area contributed by atoms with Gasteiger partial charge in [0.25, 0.3) is 0 Å². The van der Waals surface area contributed by atoms with Gasteiger partial charge in [-0.25, -0.2) is 8.42 Å². The van der Waals surface area contributed by atoms with Gasteiger partial charge in [0.1, 0.15) is 6.29 Å². The third-order valence-electron chi connectivity index (χ3n) is 4.18. The van der Waals surface area contributed by atoms with Crippen molar-refractivity contribution in [2.45, 2.75) is 38.6 Å². The molecule has 0 aromatic heterocycles. The van der Waals surface area contributed by atoms with E-state index >= 15 is 0 Å². The highest BCUT2D eigenvalue weighted by Gasteiger charge is 2.38. The highest BCUT2D eigenvalue weighted by molar-refractivity contribution is 7.91. The second-order valence-corrected chi connectivity index (χ2v) is 7.85. The summed E-state index contributed by atoms with van der Waals surface area (Å²) in [5.41, 5.74) is -0.199. The third-order valence-corrected chi connectivity index (χ3v) is 5.97. The molecule has 1 atom stereocenters. The maximum atomic E-state index is 11.5. The second kappa shape index (κ2) is 4.69. The van der Waals surface area contributed by atoms with Gasteiger partial charge >= 0.3 is 0 Å². The molecule has 0 spiro atoms. The van der Waals surface area contributed by atoms with Crippen molar-refractivity contribution in [1.82, 2.24) is 4.90 Å². The summed E-state index contributed by atoms with van der Waals surface area (Å²) in [5.74, 6) is 0.480. The normalized spacial score (nSPS) is 32.4. The van der Waals surface area contributed by atoms with Gasteiger partial charge in [0.15, 0.2) is 9.84 Å². The van der Waals surface area contributed by atoms with Gasteiger partial charge < -0.3 is 4.79 Å². The van der Waals surface area contributed by atoms with E-state index in [1.54, 1.807) is 0 Å². The van der Waals surface area contributed by atoms with Crippen molar-refractivity contribution in [3.63, 3.8) is 0 Å². The number of nitrogens with zero attached hydrogens (tertiary/aromatic N) is 1. The van der Waals surface area contributed by atoms with Gasteiger partial charge in [-0.15, -0.1) is 0 Å². The predicted molar refractivity (Wildman–Crippen MR) is 66.7 cm³/mol. The molecule has 1 heterocycles. The van der Waals surface area contributed by atoms with Crippen molar-refractivity contribution in [3.05, 3.63) is 0 Å². The maximum Gasteiger partial charge on any atom is 0.153 e. The number of carbonyl (C=O) groups is 1. The molecule has 0 aromatic carbocycles. The van der Waals surface area contributed by atoms with Crippen LogP contribution < -0.4 is 0 Å². The highest BCUT2D eigenvalue weighted by Crippen LogP contribution is 2.37. The lowest BCUT2D eigenvalue weighted by atomic mass is 9.87. The van der Waals surface area contributed by atoms with Crippen LogP contribution in [0.25, 0.3) is 0 Å². The molecule has 98 valence electrons. The first-order valence-electron chi connectivity index (χ1n) is 6.37. The van der Waals surface area contributed by atoms with Crippen LogP contribution in [0, 0.1) is 5.41 Å². The van der Waals surface area contributed by atoms with Gasteiger partial charge in [-0.1, -0.05) is 12.8 Å². The van der Waals surface area contributed by atoms with Crippen LogP contribution in [0.2, 0.25) is 0 Å². The van der Waals surface area contributed by atoms with E-state index in [0.29, 0.717) is 6.54 Å². The standard InChI is InChI=1S/C12H21NO3S/c1-11-8-17(15,16)7-6-13(11)9-12(10-14)4-2-3-5-12/h10-11H,2-9H2,1H3. The quantitative estimate of drug-likeness (QED) is 0.706. The Bertz CT molecular complexity index is 385. The van der Waals surface area contributed by atoms with Gasteiger partial charge in [-0.2, -0.15) is 0 Å². The van der Waals surface area contributed by atoms with E-state index in [1.807, 2.05) is 6.92 Å². The Balaban J connectivity index is 2.02. The topological polar surface area (TPSA) is 54.5 Å². The van der Waals surface area contributed by atoms with Crippen LogP contribution in [0.5, 0.6) is 0 Å². The molecule has 0 amide bonds. The largest absolute Gasteiger partial charge is 0.303 e. The van der Waals surface area contributed by atoms with Gasteiger partial charge in [0.2, 0.25) is 0 Å². The fourth-order valence-electron chi connectivity index (χ4n) is 3.06. The Morgan fingerprint density at radius 2 is 2.00 bits per heavy atom. The molecule has 0 radical (unpaired) electrons. The first-order chi connectivity index (χ1) is 7.96. The summed E-state index contributed by atoms with van der Waals surface area (Å²) in [4.78, 5) is 13.5. The Morgan fingerprint density at radius 1 is 1.35 bits per heavy atom. The van der Waals surface area contributed by atoms with Gasteiger partial charge in [-0.05, 0) is 19.8 Å². The summed E-state index contributed by atoms with van der Waals surface area (Å²) in [7, 11) is -2.85. The number of aldehydes is 1. The number of sulfone groups is 1. The zero-order valence-electron chi connectivity index (χ0n) is 10.4. The van der Waals surface area contributed by atoms with Crippen LogP contribution in [-0.4, -0.2) is 50.2 Å².